The van der Waals surface area contributed by atoms with E-state index in [2.05, 4.69) is 15.3 Å². The molecular formula is C21H23N5O3. The number of rotatable bonds is 4. The van der Waals surface area contributed by atoms with Crippen LogP contribution in [0.25, 0.3) is 11.1 Å². The lowest BCUT2D eigenvalue weighted by Gasteiger charge is -2.31. The summed E-state index contributed by atoms with van der Waals surface area (Å²) >= 11 is 0. The maximum Gasteiger partial charge on any atom is 0.274 e. The summed E-state index contributed by atoms with van der Waals surface area (Å²) in [7, 11) is 3.20. The van der Waals surface area contributed by atoms with Gasteiger partial charge in [-0.2, -0.15) is 10.2 Å². The fourth-order valence-electron chi connectivity index (χ4n) is 3.78. The van der Waals surface area contributed by atoms with E-state index < -0.39 is 0 Å². The second-order valence-corrected chi connectivity index (χ2v) is 7.18. The molecule has 1 aliphatic heterocycles. The number of carbonyl (C=O) groups is 1. The Kier molecular flexibility index (Phi) is 5.16. The molecule has 0 atom stereocenters. The summed E-state index contributed by atoms with van der Waals surface area (Å²) in [5.74, 6) is 0.951. The van der Waals surface area contributed by atoms with Crippen LogP contribution < -0.4 is 10.3 Å². The van der Waals surface area contributed by atoms with Gasteiger partial charge in [-0.3, -0.25) is 14.7 Å². The van der Waals surface area contributed by atoms with E-state index >= 15 is 0 Å². The minimum atomic E-state index is -0.232. The zero-order valence-electron chi connectivity index (χ0n) is 16.5. The molecule has 0 saturated carbocycles. The van der Waals surface area contributed by atoms with Crippen LogP contribution in [-0.4, -0.2) is 51.0 Å². The molecule has 29 heavy (non-hydrogen) atoms. The number of benzene rings is 1. The molecule has 0 spiro atoms. The SMILES string of the molecule is COc1cccc(-c2cn[nH]c2C2CCN(C(=O)c3ccc(=O)n(C)n3)CC2)c1. The molecule has 1 fully saturated rings. The van der Waals surface area contributed by atoms with E-state index in [1.807, 2.05) is 30.5 Å². The first-order valence-electron chi connectivity index (χ1n) is 9.58. The maximum atomic E-state index is 12.7. The lowest BCUT2D eigenvalue weighted by atomic mass is 9.89. The number of hydrogen-bond donors (Lipinski definition) is 1. The summed E-state index contributed by atoms with van der Waals surface area (Å²) in [5, 5.41) is 11.5. The number of ether oxygens (including phenoxy) is 1. The van der Waals surface area contributed by atoms with Gasteiger partial charge in [0.1, 0.15) is 11.4 Å². The van der Waals surface area contributed by atoms with Gasteiger partial charge in [0.15, 0.2) is 0 Å². The summed E-state index contributed by atoms with van der Waals surface area (Å²) < 4.78 is 6.52. The Bertz CT molecular complexity index is 1080. The van der Waals surface area contributed by atoms with Crippen molar-refractivity contribution in [2.45, 2.75) is 18.8 Å². The normalized spacial score (nSPS) is 14.8. The summed E-state index contributed by atoms with van der Waals surface area (Å²) in [6, 6.07) is 10.8. The van der Waals surface area contributed by atoms with E-state index in [-0.39, 0.29) is 17.4 Å². The highest BCUT2D eigenvalue weighted by Gasteiger charge is 2.28. The average molecular weight is 393 g/mol. The Hall–Kier alpha value is -3.42. The fourth-order valence-corrected chi connectivity index (χ4v) is 3.78. The molecule has 8 heteroatoms. The topological polar surface area (TPSA) is 93.1 Å². The molecule has 1 amide bonds. The minimum absolute atomic E-state index is 0.142. The van der Waals surface area contributed by atoms with Gasteiger partial charge >= 0.3 is 0 Å². The first kappa shape index (κ1) is 18.9. The standard InChI is InChI=1S/C21H23N5O3/c1-25-19(27)7-6-18(24-25)21(28)26-10-8-14(9-11-26)20-17(13-22-23-20)15-4-3-5-16(12-15)29-2/h3-7,12-14H,8-11H2,1-2H3,(H,22,23). The Morgan fingerprint density at radius 2 is 2.00 bits per heavy atom. The lowest BCUT2D eigenvalue weighted by molar-refractivity contribution is 0.0703. The zero-order chi connectivity index (χ0) is 20.4. The number of hydrogen-bond acceptors (Lipinski definition) is 5. The average Bonchev–Trinajstić information content (AvgIpc) is 3.25. The number of nitrogens with zero attached hydrogens (tertiary/aromatic N) is 4. The van der Waals surface area contributed by atoms with Crippen LogP contribution in [0.3, 0.4) is 0 Å². The van der Waals surface area contributed by atoms with Crippen molar-refractivity contribution in [2.75, 3.05) is 20.2 Å². The van der Waals surface area contributed by atoms with Gasteiger partial charge in [0.2, 0.25) is 0 Å². The monoisotopic (exact) mass is 393 g/mol. The summed E-state index contributed by atoms with van der Waals surface area (Å²) in [6.45, 7) is 1.26. The number of H-pyrrole nitrogens is 1. The Morgan fingerprint density at radius 3 is 2.72 bits per heavy atom. The van der Waals surface area contributed by atoms with Gasteiger partial charge < -0.3 is 9.64 Å². The van der Waals surface area contributed by atoms with Crippen LogP contribution in [0.5, 0.6) is 5.75 Å². The Balaban J connectivity index is 1.48. The van der Waals surface area contributed by atoms with E-state index in [4.69, 9.17) is 4.74 Å². The van der Waals surface area contributed by atoms with Gasteiger partial charge in [0, 0.05) is 43.4 Å². The van der Waals surface area contributed by atoms with Gasteiger partial charge in [-0.1, -0.05) is 12.1 Å². The van der Waals surface area contributed by atoms with Crippen LogP contribution in [0, 0.1) is 0 Å². The van der Waals surface area contributed by atoms with Gasteiger partial charge in [0.25, 0.3) is 11.5 Å². The third-order valence-electron chi connectivity index (χ3n) is 5.42. The first-order chi connectivity index (χ1) is 14.1. The van der Waals surface area contributed by atoms with E-state index in [0.717, 1.165) is 35.4 Å². The van der Waals surface area contributed by atoms with Crippen LogP contribution in [-0.2, 0) is 7.05 Å². The smallest absolute Gasteiger partial charge is 0.274 e. The Labute approximate surface area is 168 Å². The molecule has 1 saturated heterocycles. The molecular weight excluding hydrogens is 370 g/mol. The van der Waals surface area contributed by atoms with Gasteiger partial charge in [-0.15, -0.1) is 0 Å². The molecule has 0 bridgehead atoms. The van der Waals surface area contributed by atoms with Gasteiger partial charge in [-0.25, -0.2) is 4.68 Å². The van der Waals surface area contributed by atoms with Crippen LogP contribution in [0.15, 0.2) is 47.4 Å². The van der Waals surface area contributed by atoms with Crippen LogP contribution in [0.4, 0.5) is 0 Å². The van der Waals surface area contributed by atoms with E-state index in [1.165, 1.54) is 16.8 Å². The molecule has 2 aromatic heterocycles. The van der Waals surface area contributed by atoms with Crippen molar-refractivity contribution in [3.8, 4) is 16.9 Å². The predicted octanol–water partition coefficient (Wildman–Crippen LogP) is 2.20. The van der Waals surface area contributed by atoms with Gasteiger partial charge in [-0.05, 0) is 36.6 Å². The fraction of sp³-hybridized carbons (Fsp3) is 0.333. The van der Waals surface area contributed by atoms with Crippen molar-refractivity contribution in [3.05, 3.63) is 64.3 Å². The molecule has 0 unspecified atom stereocenters. The number of aryl methyl sites for hydroxylation is 1. The number of methoxy groups -OCH3 is 1. The number of aromatic amines is 1. The van der Waals surface area contributed by atoms with Crippen LogP contribution in [0.2, 0.25) is 0 Å². The summed E-state index contributed by atoms with van der Waals surface area (Å²) in [6.07, 6.45) is 3.50. The third-order valence-corrected chi connectivity index (χ3v) is 5.42. The highest BCUT2D eigenvalue weighted by atomic mass is 16.5. The molecule has 8 nitrogen and oxygen atoms in total. The number of likely N-dealkylation sites (tertiary alicyclic amines) is 1. The van der Waals surface area contributed by atoms with E-state index in [1.54, 1.807) is 19.1 Å². The van der Waals surface area contributed by atoms with Crippen LogP contribution in [0.1, 0.15) is 34.9 Å². The van der Waals surface area contributed by atoms with Crippen molar-refractivity contribution in [2.24, 2.45) is 7.05 Å². The van der Waals surface area contributed by atoms with Crippen molar-refractivity contribution in [1.29, 1.82) is 0 Å². The molecule has 1 aliphatic rings. The van der Waals surface area contributed by atoms with Crippen molar-refractivity contribution < 1.29 is 9.53 Å². The zero-order valence-corrected chi connectivity index (χ0v) is 16.5. The summed E-state index contributed by atoms with van der Waals surface area (Å²) in [4.78, 5) is 26.0. The quantitative estimate of drug-likeness (QED) is 0.733. The van der Waals surface area contributed by atoms with E-state index in [0.29, 0.717) is 18.8 Å². The van der Waals surface area contributed by atoms with Crippen molar-refractivity contribution >= 4 is 5.91 Å². The highest BCUT2D eigenvalue weighted by molar-refractivity contribution is 5.92. The molecule has 3 heterocycles. The van der Waals surface area contributed by atoms with Crippen molar-refractivity contribution in [3.63, 3.8) is 0 Å². The largest absolute Gasteiger partial charge is 0.497 e. The number of carbonyl (C=O) groups excluding carboxylic acids is 1. The second-order valence-electron chi connectivity index (χ2n) is 7.18. The molecule has 1 N–H and O–H groups in total. The molecule has 3 aromatic rings. The molecule has 0 radical (unpaired) electrons. The summed E-state index contributed by atoms with van der Waals surface area (Å²) in [5.41, 5.74) is 3.27. The maximum absolute atomic E-state index is 12.7. The van der Waals surface area contributed by atoms with Crippen molar-refractivity contribution in [1.82, 2.24) is 24.9 Å². The second kappa shape index (κ2) is 7.90. The number of piperidine rings is 1. The van der Waals surface area contributed by atoms with Gasteiger partial charge in [0.05, 0.1) is 13.3 Å². The van der Waals surface area contributed by atoms with E-state index in [9.17, 15) is 9.59 Å². The third kappa shape index (κ3) is 3.78. The molecule has 150 valence electrons. The minimum Gasteiger partial charge on any atom is -0.497 e. The number of nitrogens with one attached hydrogen (secondary N) is 1. The van der Waals surface area contributed by atoms with Crippen LogP contribution >= 0.6 is 0 Å². The Morgan fingerprint density at radius 1 is 1.21 bits per heavy atom. The lowest BCUT2D eigenvalue weighted by Crippen LogP contribution is -2.39. The first-order valence-corrected chi connectivity index (χ1v) is 9.58. The molecule has 1 aromatic carbocycles. The molecule has 4 rings (SSSR count). The predicted molar refractivity (Wildman–Crippen MR) is 108 cm³/mol. The number of amides is 1. The number of aromatic nitrogens is 4. The molecule has 0 aliphatic carbocycles. The highest BCUT2D eigenvalue weighted by Crippen LogP contribution is 2.35.